The van der Waals surface area contributed by atoms with Crippen molar-refractivity contribution in [3.05, 3.63) is 35.9 Å². The van der Waals surface area contributed by atoms with Crippen molar-refractivity contribution in [2.45, 2.75) is 77.2 Å². The van der Waals surface area contributed by atoms with E-state index in [9.17, 15) is 9.90 Å². The van der Waals surface area contributed by atoms with Crippen molar-refractivity contribution in [2.24, 2.45) is 5.73 Å². The molecule has 3 atom stereocenters. The Morgan fingerprint density at radius 1 is 1.29 bits per heavy atom. The molecule has 1 aliphatic carbocycles. The van der Waals surface area contributed by atoms with Crippen LogP contribution in [0.25, 0.3) is 0 Å². The highest BCUT2D eigenvalue weighted by molar-refractivity contribution is 5.68. The molecule has 1 amide bonds. The average molecular weight is 336 g/mol. The lowest BCUT2D eigenvalue weighted by atomic mass is 9.93. The first-order valence-electron chi connectivity index (χ1n) is 8.65. The lowest BCUT2D eigenvalue weighted by Crippen LogP contribution is -2.42. The number of aliphatic hydroxyl groups excluding tert-OH is 1. The van der Waals surface area contributed by atoms with Crippen LogP contribution >= 0.6 is 0 Å². The van der Waals surface area contributed by atoms with Crippen molar-refractivity contribution < 1.29 is 14.6 Å². The Kier molecular flexibility index (Phi) is 8.22. The minimum atomic E-state index is -0.461. The summed E-state index contributed by atoms with van der Waals surface area (Å²) in [6.07, 6.45) is 2.70. The summed E-state index contributed by atoms with van der Waals surface area (Å²) in [5, 5.41) is 12.2. The number of nitrogens with one attached hydrogen (secondary N) is 1. The van der Waals surface area contributed by atoms with E-state index in [1.807, 2.05) is 58.0 Å². The van der Waals surface area contributed by atoms with Crippen LogP contribution in [0.3, 0.4) is 0 Å². The smallest absolute Gasteiger partial charge is 0.407 e. The number of aliphatic hydroxyl groups is 1. The number of carbonyl (C=O) groups is 1. The van der Waals surface area contributed by atoms with Gasteiger partial charge in [-0.25, -0.2) is 4.79 Å². The molecule has 5 heteroatoms. The Morgan fingerprint density at radius 2 is 1.92 bits per heavy atom. The summed E-state index contributed by atoms with van der Waals surface area (Å²) in [6, 6.07) is 10.3. The number of amides is 1. The zero-order valence-electron chi connectivity index (χ0n) is 15.3. The molecule has 1 aliphatic rings. The topological polar surface area (TPSA) is 84.6 Å². The van der Waals surface area contributed by atoms with E-state index in [1.54, 1.807) is 0 Å². The van der Waals surface area contributed by atoms with Crippen molar-refractivity contribution >= 4 is 6.09 Å². The predicted octanol–water partition coefficient (Wildman–Crippen LogP) is 3.52. The van der Waals surface area contributed by atoms with Gasteiger partial charge in [0.2, 0.25) is 0 Å². The van der Waals surface area contributed by atoms with Gasteiger partial charge in [-0.1, -0.05) is 30.3 Å². The fourth-order valence-corrected chi connectivity index (χ4v) is 2.53. The van der Waals surface area contributed by atoms with Gasteiger partial charge in [0, 0.05) is 12.1 Å². The van der Waals surface area contributed by atoms with Gasteiger partial charge in [-0.2, -0.15) is 0 Å². The van der Waals surface area contributed by atoms with Gasteiger partial charge < -0.3 is 20.9 Å². The van der Waals surface area contributed by atoms with Crippen molar-refractivity contribution in [3.63, 3.8) is 0 Å². The molecule has 0 aliphatic heterocycles. The highest BCUT2D eigenvalue weighted by atomic mass is 16.6. The monoisotopic (exact) mass is 336 g/mol. The van der Waals surface area contributed by atoms with Gasteiger partial charge in [0.15, 0.2) is 0 Å². The summed E-state index contributed by atoms with van der Waals surface area (Å²) in [4.78, 5) is 11.4. The number of benzene rings is 1. The summed E-state index contributed by atoms with van der Waals surface area (Å²) in [5.41, 5.74) is 6.34. The van der Waals surface area contributed by atoms with E-state index in [4.69, 9.17) is 10.5 Å². The Hall–Kier alpha value is -1.59. The van der Waals surface area contributed by atoms with E-state index in [-0.39, 0.29) is 24.3 Å². The Balaban J connectivity index is 0.000000272. The van der Waals surface area contributed by atoms with Crippen LogP contribution in [0.4, 0.5) is 4.79 Å². The molecule has 0 saturated heterocycles. The summed E-state index contributed by atoms with van der Waals surface area (Å²) in [5.74, 6) is 0. The number of rotatable bonds is 2. The van der Waals surface area contributed by atoms with E-state index >= 15 is 0 Å². The van der Waals surface area contributed by atoms with Crippen molar-refractivity contribution in [2.75, 3.05) is 0 Å². The first-order valence-corrected chi connectivity index (χ1v) is 8.65. The van der Waals surface area contributed by atoms with Crippen LogP contribution in [0.15, 0.2) is 30.3 Å². The maximum atomic E-state index is 11.4. The SMILES string of the molecule is CC(C)(C)OC(=O)NC1CCCC(O)C1.CC(N)c1ccccc1. The standard InChI is InChI=1S/C11H21NO3.C8H11N/c1-11(2,3)15-10(14)12-8-5-4-6-9(13)7-8;1-7(9)8-5-3-2-4-6-8/h8-9,13H,4-7H2,1-3H3,(H,12,14);2-7H,9H2,1H3. The number of hydrogen-bond acceptors (Lipinski definition) is 4. The first kappa shape index (κ1) is 20.5. The molecule has 1 saturated carbocycles. The third kappa shape index (κ3) is 8.89. The lowest BCUT2D eigenvalue weighted by Gasteiger charge is -2.28. The van der Waals surface area contributed by atoms with E-state index in [0.29, 0.717) is 6.42 Å². The fourth-order valence-electron chi connectivity index (χ4n) is 2.53. The molecule has 5 nitrogen and oxygen atoms in total. The molecular formula is C19H32N2O3. The number of ether oxygens (including phenoxy) is 1. The Bertz CT molecular complexity index is 483. The molecule has 2 rings (SSSR count). The van der Waals surface area contributed by atoms with Gasteiger partial charge in [0.05, 0.1) is 6.10 Å². The fraction of sp³-hybridized carbons (Fsp3) is 0.632. The maximum absolute atomic E-state index is 11.4. The van der Waals surface area contributed by atoms with Crippen LogP contribution in [0.5, 0.6) is 0 Å². The Labute approximate surface area is 145 Å². The van der Waals surface area contributed by atoms with Crippen LogP contribution < -0.4 is 11.1 Å². The molecule has 0 radical (unpaired) electrons. The van der Waals surface area contributed by atoms with E-state index in [0.717, 1.165) is 19.3 Å². The molecule has 1 aromatic rings. The van der Waals surface area contributed by atoms with Crippen LogP contribution in [0.2, 0.25) is 0 Å². The van der Waals surface area contributed by atoms with Gasteiger partial charge in [-0.15, -0.1) is 0 Å². The van der Waals surface area contributed by atoms with Crippen molar-refractivity contribution in [1.82, 2.24) is 5.32 Å². The second-order valence-electron chi connectivity index (χ2n) is 7.36. The van der Waals surface area contributed by atoms with E-state index in [1.165, 1.54) is 5.56 Å². The normalized spacial score (nSPS) is 21.9. The summed E-state index contributed by atoms with van der Waals surface area (Å²) in [7, 11) is 0. The molecule has 0 bridgehead atoms. The quantitative estimate of drug-likeness (QED) is 0.771. The third-order valence-corrected chi connectivity index (χ3v) is 3.69. The molecule has 24 heavy (non-hydrogen) atoms. The summed E-state index contributed by atoms with van der Waals surface area (Å²) < 4.78 is 5.14. The summed E-state index contributed by atoms with van der Waals surface area (Å²) >= 11 is 0. The zero-order valence-corrected chi connectivity index (χ0v) is 15.3. The van der Waals surface area contributed by atoms with Gasteiger partial charge in [-0.05, 0) is 58.9 Å². The predicted molar refractivity (Wildman–Crippen MR) is 96.7 cm³/mol. The van der Waals surface area contributed by atoms with Crippen molar-refractivity contribution in [3.8, 4) is 0 Å². The maximum Gasteiger partial charge on any atom is 0.407 e. The summed E-state index contributed by atoms with van der Waals surface area (Å²) in [6.45, 7) is 7.49. The molecule has 136 valence electrons. The Morgan fingerprint density at radius 3 is 2.38 bits per heavy atom. The van der Waals surface area contributed by atoms with E-state index < -0.39 is 5.60 Å². The molecule has 0 heterocycles. The number of nitrogens with two attached hydrogens (primary N) is 1. The van der Waals surface area contributed by atoms with Crippen LogP contribution in [0, 0.1) is 0 Å². The van der Waals surface area contributed by atoms with Crippen LogP contribution in [-0.4, -0.2) is 28.9 Å². The number of hydrogen-bond donors (Lipinski definition) is 3. The van der Waals surface area contributed by atoms with E-state index in [2.05, 4.69) is 5.32 Å². The average Bonchev–Trinajstić information content (AvgIpc) is 2.46. The largest absolute Gasteiger partial charge is 0.444 e. The molecule has 0 aromatic heterocycles. The van der Waals surface area contributed by atoms with Gasteiger partial charge in [0.1, 0.15) is 5.60 Å². The lowest BCUT2D eigenvalue weighted by molar-refractivity contribution is 0.0451. The van der Waals surface area contributed by atoms with Gasteiger partial charge in [0.25, 0.3) is 0 Å². The number of carbonyl (C=O) groups excluding carboxylic acids is 1. The zero-order chi connectivity index (χ0) is 18.2. The van der Waals surface area contributed by atoms with Crippen LogP contribution in [0.1, 0.15) is 65.0 Å². The number of alkyl carbamates (subject to hydrolysis) is 1. The minimum absolute atomic E-state index is 0.0589. The molecule has 4 N–H and O–H groups in total. The minimum Gasteiger partial charge on any atom is -0.444 e. The van der Waals surface area contributed by atoms with Gasteiger partial charge in [-0.3, -0.25) is 0 Å². The molecule has 1 fully saturated rings. The second-order valence-corrected chi connectivity index (χ2v) is 7.36. The van der Waals surface area contributed by atoms with Crippen LogP contribution in [-0.2, 0) is 4.74 Å². The second kappa shape index (κ2) is 9.64. The highest BCUT2D eigenvalue weighted by Gasteiger charge is 2.24. The highest BCUT2D eigenvalue weighted by Crippen LogP contribution is 2.18. The molecule has 3 unspecified atom stereocenters. The third-order valence-electron chi connectivity index (χ3n) is 3.69. The van der Waals surface area contributed by atoms with Gasteiger partial charge >= 0.3 is 6.09 Å². The molecule has 0 spiro atoms. The van der Waals surface area contributed by atoms with Crippen molar-refractivity contribution in [1.29, 1.82) is 0 Å². The molecular weight excluding hydrogens is 304 g/mol. The first-order chi connectivity index (χ1) is 11.2. The molecule has 1 aromatic carbocycles.